The van der Waals surface area contributed by atoms with Gasteiger partial charge in [-0.05, 0) is 49.9 Å². The Bertz CT molecular complexity index is 624. The van der Waals surface area contributed by atoms with Crippen LogP contribution >= 0.6 is 0 Å². The summed E-state index contributed by atoms with van der Waals surface area (Å²) in [5.41, 5.74) is 1.75. The third-order valence-corrected chi connectivity index (χ3v) is 5.27. The molecule has 0 unspecified atom stereocenters. The highest BCUT2D eigenvalue weighted by Gasteiger charge is 2.37. The van der Waals surface area contributed by atoms with Gasteiger partial charge in [0.1, 0.15) is 0 Å². The minimum absolute atomic E-state index is 0.0600. The van der Waals surface area contributed by atoms with Crippen LogP contribution in [-0.2, 0) is 6.42 Å². The lowest BCUT2D eigenvalue weighted by atomic mass is 10.1. The highest BCUT2D eigenvalue weighted by atomic mass is 16.2. The SMILES string of the molecule is CC[C@H]1CN2CCC[C@@H]2CN1C(=O)NCCc1cccc(C#N)c1. The second kappa shape index (κ2) is 7.67. The number of piperazine rings is 1. The van der Waals surface area contributed by atoms with Crippen LogP contribution in [0, 0.1) is 11.3 Å². The van der Waals surface area contributed by atoms with E-state index in [1.807, 2.05) is 23.1 Å². The Kier molecular flexibility index (Phi) is 5.37. The zero-order valence-electron chi connectivity index (χ0n) is 14.4. The van der Waals surface area contributed by atoms with Gasteiger partial charge < -0.3 is 10.2 Å². The monoisotopic (exact) mass is 326 g/mol. The molecule has 3 rings (SSSR count). The van der Waals surface area contributed by atoms with Gasteiger partial charge in [-0.3, -0.25) is 4.90 Å². The second-order valence-electron chi connectivity index (χ2n) is 6.80. The molecule has 5 nitrogen and oxygen atoms in total. The summed E-state index contributed by atoms with van der Waals surface area (Å²) in [5, 5.41) is 12.0. The fourth-order valence-corrected chi connectivity index (χ4v) is 3.90. The van der Waals surface area contributed by atoms with Crippen LogP contribution < -0.4 is 5.32 Å². The summed E-state index contributed by atoms with van der Waals surface area (Å²) in [6.07, 6.45) is 4.22. The van der Waals surface area contributed by atoms with Crippen molar-refractivity contribution in [3.05, 3.63) is 35.4 Å². The molecule has 0 aromatic heterocycles. The molecular weight excluding hydrogens is 300 g/mol. The first-order valence-corrected chi connectivity index (χ1v) is 8.98. The number of amides is 2. The minimum atomic E-state index is 0.0600. The predicted octanol–water partition coefficient (Wildman–Crippen LogP) is 2.37. The van der Waals surface area contributed by atoms with Gasteiger partial charge in [0, 0.05) is 31.7 Å². The van der Waals surface area contributed by atoms with Gasteiger partial charge in [-0.15, -0.1) is 0 Å². The molecule has 1 aromatic rings. The normalized spacial score (nSPS) is 23.6. The fraction of sp³-hybridized carbons (Fsp3) is 0.579. The molecule has 2 saturated heterocycles. The van der Waals surface area contributed by atoms with Gasteiger partial charge in [0.15, 0.2) is 0 Å². The van der Waals surface area contributed by atoms with Gasteiger partial charge in [-0.1, -0.05) is 19.1 Å². The van der Waals surface area contributed by atoms with E-state index in [1.165, 1.54) is 19.4 Å². The Balaban J connectivity index is 1.53. The highest BCUT2D eigenvalue weighted by molar-refractivity contribution is 5.74. The lowest BCUT2D eigenvalue weighted by Crippen LogP contribution is -2.59. The van der Waals surface area contributed by atoms with E-state index in [1.54, 1.807) is 6.07 Å². The topological polar surface area (TPSA) is 59.4 Å². The average Bonchev–Trinajstić information content (AvgIpc) is 3.08. The van der Waals surface area contributed by atoms with E-state index in [2.05, 4.69) is 23.2 Å². The third-order valence-electron chi connectivity index (χ3n) is 5.27. The number of rotatable bonds is 4. The minimum Gasteiger partial charge on any atom is -0.338 e. The first kappa shape index (κ1) is 16.8. The van der Waals surface area contributed by atoms with Crippen LogP contribution in [0.15, 0.2) is 24.3 Å². The third kappa shape index (κ3) is 3.70. The Morgan fingerprint density at radius 2 is 2.29 bits per heavy atom. The smallest absolute Gasteiger partial charge is 0.317 e. The number of carbonyl (C=O) groups is 1. The van der Waals surface area contributed by atoms with Gasteiger partial charge >= 0.3 is 6.03 Å². The Hall–Kier alpha value is -2.06. The van der Waals surface area contributed by atoms with Crippen molar-refractivity contribution in [3.8, 4) is 6.07 Å². The molecule has 0 saturated carbocycles. The van der Waals surface area contributed by atoms with E-state index in [0.29, 0.717) is 24.2 Å². The summed E-state index contributed by atoms with van der Waals surface area (Å²) in [4.78, 5) is 17.2. The van der Waals surface area contributed by atoms with Crippen molar-refractivity contribution in [1.29, 1.82) is 5.26 Å². The molecule has 2 atom stereocenters. The lowest BCUT2D eigenvalue weighted by molar-refractivity contribution is 0.0713. The summed E-state index contributed by atoms with van der Waals surface area (Å²) in [6, 6.07) is 10.7. The van der Waals surface area contributed by atoms with Gasteiger partial charge in [-0.25, -0.2) is 4.79 Å². The molecule has 0 radical (unpaired) electrons. The van der Waals surface area contributed by atoms with Crippen LogP contribution in [0.3, 0.4) is 0 Å². The van der Waals surface area contributed by atoms with Crippen molar-refractivity contribution < 1.29 is 4.79 Å². The number of urea groups is 1. The number of nitrogens with one attached hydrogen (secondary N) is 1. The number of nitriles is 1. The van der Waals surface area contributed by atoms with Crippen LogP contribution in [0.4, 0.5) is 4.79 Å². The van der Waals surface area contributed by atoms with Crippen molar-refractivity contribution in [2.24, 2.45) is 0 Å². The second-order valence-corrected chi connectivity index (χ2v) is 6.80. The van der Waals surface area contributed by atoms with E-state index in [4.69, 9.17) is 5.26 Å². The van der Waals surface area contributed by atoms with Crippen molar-refractivity contribution in [1.82, 2.24) is 15.1 Å². The quantitative estimate of drug-likeness (QED) is 0.924. The number of hydrogen-bond donors (Lipinski definition) is 1. The molecule has 2 heterocycles. The molecule has 0 spiro atoms. The molecule has 1 aromatic carbocycles. The molecule has 1 N–H and O–H groups in total. The zero-order chi connectivity index (χ0) is 16.9. The van der Waals surface area contributed by atoms with Crippen molar-refractivity contribution in [2.75, 3.05) is 26.2 Å². The molecule has 2 aliphatic rings. The van der Waals surface area contributed by atoms with Crippen molar-refractivity contribution >= 4 is 6.03 Å². The molecule has 2 amide bonds. The summed E-state index contributed by atoms with van der Waals surface area (Å²) in [5.74, 6) is 0. The van der Waals surface area contributed by atoms with Crippen LogP contribution in [0.1, 0.15) is 37.3 Å². The maximum Gasteiger partial charge on any atom is 0.317 e. The summed E-state index contributed by atoms with van der Waals surface area (Å²) in [7, 11) is 0. The molecular formula is C19H26N4O. The molecule has 24 heavy (non-hydrogen) atoms. The Morgan fingerprint density at radius 3 is 3.08 bits per heavy atom. The van der Waals surface area contributed by atoms with Gasteiger partial charge in [0.2, 0.25) is 0 Å². The van der Waals surface area contributed by atoms with Gasteiger partial charge in [-0.2, -0.15) is 5.26 Å². The lowest BCUT2D eigenvalue weighted by Gasteiger charge is -2.43. The van der Waals surface area contributed by atoms with Gasteiger partial charge in [0.25, 0.3) is 0 Å². The molecule has 2 aliphatic heterocycles. The maximum absolute atomic E-state index is 12.6. The predicted molar refractivity (Wildman–Crippen MR) is 93.6 cm³/mol. The standard InChI is InChI=1S/C19H26N4O/c1-2-17-13-22-10-4-7-18(22)14-23(17)19(24)21-9-8-15-5-3-6-16(11-15)12-20/h3,5-6,11,17-18H,2,4,7-10,13-14H2,1H3,(H,21,24)/t17-,18+/m0/s1. The van der Waals surface area contributed by atoms with E-state index >= 15 is 0 Å². The summed E-state index contributed by atoms with van der Waals surface area (Å²) in [6.45, 7) is 5.82. The van der Waals surface area contributed by atoms with Crippen molar-refractivity contribution in [3.63, 3.8) is 0 Å². The highest BCUT2D eigenvalue weighted by Crippen LogP contribution is 2.25. The summed E-state index contributed by atoms with van der Waals surface area (Å²) >= 11 is 0. The largest absolute Gasteiger partial charge is 0.338 e. The van der Waals surface area contributed by atoms with E-state index < -0.39 is 0 Å². The van der Waals surface area contributed by atoms with Crippen LogP contribution in [0.5, 0.6) is 0 Å². The Morgan fingerprint density at radius 1 is 1.42 bits per heavy atom. The fourth-order valence-electron chi connectivity index (χ4n) is 3.90. The molecule has 128 valence electrons. The van der Waals surface area contributed by atoms with Crippen LogP contribution in [-0.4, -0.2) is 54.1 Å². The van der Waals surface area contributed by atoms with Crippen LogP contribution in [0.2, 0.25) is 0 Å². The zero-order valence-corrected chi connectivity index (χ0v) is 14.4. The number of benzene rings is 1. The van der Waals surface area contributed by atoms with E-state index in [-0.39, 0.29) is 6.03 Å². The number of nitrogens with zero attached hydrogens (tertiary/aromatic N) is 3. The van der Waals surface area contributed by atoms with E-state index in [9.17, 15) is 4.79 Å². The summed E-state index contributed by atoms with van der Waals surface area (Å²) < 4.78 is 0. The number of carbonyl (C=O) groups excluding carboxylic acids is 1. The number of hydrogen-bond acceptors (Lipinski definition) is 3. The molecule has 5 heteroatoms. The average molecular weight is 326 g/mol. The van der Waals surface area contributed by atoms with E-state index in [0.717, 1.165) is 31.5 Å². The molecule has 0 aliphatic carbocycles. The maximum atomic E-state index is 12.6. The first-order valence-electron chi connectivity index (χ1n) is 8.98. The van der Waals surface area contributed by atoms with Crippen LogP contribution in [0.25, 0.3) is 0 Å². The first-order chi connectivity index (χ1) is 11.7. The molecule has 2 fully saturated rings. The molecule has 0 bridgehead atoms. The Labute approximate surface area is 144 Å². The number of fused-ring (bicyclic) bond motifs is 1. The van der Waals surface area contributed by atoms with Crippen molar-refractivity contribution in [2.45, 2.75) is 44.7 Å². The van der Waals surface area contributed by atoms with Gasteiger partial charge in [0.05, 0.1) is 11.6 Å².